The van der Waals surface area contributed by atoms with Crippen LogP contribution in [0.3, 0.4) is 0 Å². The number of hydrogen-bond acceptors (Lipinski definition) is 13. The smallest absolute Gasteiger partial charge is 0.278 e. The molecule has 10 N–H and O–H groups in total. The molecule has 2 aliphatic rings. The fraction of sp³-hybridized carbons (Fsp3) is 0.375. The number of anilines is 4. The van der Waals surface area contributed by atoms with E-state index < -0.39 is 23.6 Å². The molecule has 6 aromatic rings. The highest BCUT2D eigenvalue weighted by atomic mass is 16.2. The number of carbonyl (C=O) groups excluding carboxylic acids is 4. The van der Waals surface area contributed by atoms with Crippen molar-refractivity contribution in [2.75, 3.05) is 61.0 Å². The lowest BCUT2D eigenvalue weighted by atomic mass is 9.74. The first-order valence-corrected chi connectivity index (χ1v) is 20.1. The number of likely N-dealkylation sites (tertiary alicyclic amines) is 1. The summed E-state index contributed by atoms with van der Waals surface area (Å²) in [5, 5.41) is 21.5. The summed E-state index contributed by atoms with van der Waals surface area (Å²) in [6, 6.07) is 6.53. The number of nitrogen functional groups attached to an aromatic ring is 1. The van der Waals surface area contributed by atoms with Crippen LogP contribution in [-0.2, 0) is 26.2 Å². The van der Waals surface area contributed by atoms with Gasteiger partial charge in [0.25, 0.3) is 11.8 Å². The van der Waals surface area contributed by atoms with Crippen molar-refractivity contribution < 1.29 is 19.2 Å². The third-order valence-electron chi connectivity index (χ3n) is 11.2. The van der Waals surface area contributed by atoms with Crippen LogP contribution in [0.4, 0.5) is 23.3 Å². The zero-order valence-corrected chi connectivity index (χ0v) is 34.4. The van der Waals surface area contributed by atoms with Gasteiger partial charge in [0.1, 0.15) is 16.9 Å². The van der Waals surface area contributed by atoms with Crippen LogP contribution in [0, 0.1) is 19.3 Å². The van der Waals surface area contributed by atoms with Gasteiger partial charge in [-0.25, -0.2) is 15.0 Å². The monoisotopic (exact) mass is 831 g/mol. The van der Waals surface area contributed by atoms with Gasteiger partial charge in [0.15, 0.2) is 5.65 Å². The van der Waals surface area contributed by atoms with Gasteiger partial charge in [0.2, 0.25) is 23.7 Å². The summed E-state index contributed by atoms with van der Waals surface area (Å²) in [5.41, 5.74) is 22.9. The molecule has 0 bridgehead atoms. The van der Waals surface area contributed by atoms with Gasteiger partial charge in [0, 0.05) is 82.6 Å². The molecule has 2 aliphatic heterocycles. The quantitative estimate of drug-likeness (QED) is 0.0685. The number of carbonyl (C=O) groups is 4. The maximum Gasteiger partial charge on any atom is 0.278 e. The van der Waals surface area contributed by atoms with E-state index in [1.54, 1.807) is 34.4 Å². The standard InChI is InChI=1S/C40H49N17O4/c1-5-56-29(13-22(3)51-56)36(60)49-38-47-27-15-24(33(42)58)14-26(45-9-12-53-20-40(21-53)18-44-19-40)31(27)54(38)10-7-8-11-55-35-28(16-25(17-46-35)34(43)59)48-39(55)50-37(61)32-30(41)23(4)52-57(32)6-2/h7-8,13-17,44-45H,5-6,9-12,18-21,41H2,1-4H3,(H2,42,58)(H2,43,59)(H,47,49,60)(H,48,50,61)/b8-7+. The van der Waals surface area contributed by atoms with E-state index in [4.69, 9.17) is 22.2 Å². The van der Waals surface area contributed by atoms with E-state index in [-0.39, 0.29) is 47.5 Å². The fourth-order valence-corrected chi connectivity index (χ4v) is 8.06. The minimum absolute atomic E-state index is 0.149. The molecule has 8 rings (SSSR count). The van der Waals surface area contributed by atoms with Gasteiger partial charge in [0.05, 0.1) is 39.4 Å². The number of nitrogens with one attached hydrogen (secondary N) is 4. The Morgan fingerprint density at radius 2 is 1.49 bits per heavy atom. The van der Waals surface area contributed by atoms with Crippen LogP contribution in [0.5, 0.6) is 0 Å². The number of pyridine rings is 1. The van der Waals surface area contributed by atoms with Crippen molar-refractivity contribution in [3.8, 4) is 0 Å². The summed E-state index contributed by atoms with van der Waals surface area (Å²) in [7, 11) is 0. The van der Waals surface area contributed by atoms with Crippen molar-refractivity contribution >= 4 is 69.1 Å². The van der Waals surface area contributed by atoms with E-state index in [1.807, 2.05) is 37.5 Å². The molecule has 21 nitrogen and oxygen atoms in total. The third kappa shape index (κ3) is 7.75. The first kappa shape index (κ1) is 40.6. The van der Waals surface area contributed by atoms with E-state index in [9.17, 15) is 19.2 Å². The highest BCUT2D eigenvalue weighted by Gasteiger charge is 2.46. The van der Waals surface area contributed by atoms with Crippen LogP contribution < -0.4 is 38.5 Å². The molecule has 61 heavy (non-hydrogen) atoms. The topological polar surface area (TPSA) is 282 Å². The molecule has 7 heterocycles. The highest BCUT2D eigenvalue weighted by Crippen LogP contribution is 2.34. The first-order valence-electron chi connectivity index (χ1n) is 20.1. The van der Waals surface area contributed by atoms with E-state index >= 15 is 0 Å². The molecule has 5 aromatic heterocycles. The molecule has 1 spiro atoms. The molecule has 1 aromatic carbocycles. The number of allylic oxidation sites excluding steroid dienone is 2. The normalized spacial score (nSPS) is 14.8. The van der Waals surface area contributed by atoms with Crippen molar-refractivity contribution in [2.45, 2.75) is 53.9 Å². The Kier molecular flexibility index (Phi) is 10.8. The number of hydrogen-bond donors (Lipinski definition) is 7. The van der Waals surface area contributed by atoms with E-state index in [0.29, 0.717) is 70.0 Å². The number of amides is 4. The maximum atomic E-state index is 13.8. The summed E-state index contributed by atoms with van der Waals surface area (Å²) in [5.74, 6) is -1.83. The molecule has 21 heteroatoms. The van der Waals surface area contributed by atoms with Gasteiger partial charge >= 0.3 is 0 Å². The fourth-order valence-electron chi connectivity index (χ4n) is 8.06. The van der Waals surface area contributed by atoms with Crippen LogP contribution in [0.1, 0.15) is 66.9 Å². The van der Waals surface area contributed by atoms with E-state index in [0.717, 1.165) is 32.7 Å². The number of benzene rings is 1. The van der Waals surface area contributed by atoms with Gasteiger partial charge in [-0.3, -0.25) is 43.7 Å². The van der Waals surface area contributed by atoms with Crippen LogP contribution in [0.2, 0.25) is 0 Å². The molecule has 0 saturated carbocycles. The lowest BCUT2D eigenvalue weighted by molar-refractivity contribution is -0.0364. The molecule has 318 valence electrons. The van der Waals surface area contributed by atoms with Crippen LogP contribution >= 0.6 is 0 Å². The van der Waals surface area contributed by atoms with Gasteiger partial charge in [-0.2, -0.15) is 10.2 Å². The number of nitrogens with two attached hydrogens (primary N) is 3. The summed E-state index contributed by atoms with van der Waals surface area (Å²) < 4.78 is 6.66. The van der Waals surface area contributed by atoms with Crippen LogP contribution in [0.25, 0.3) is 22.2 Å². The Hall–Kier alpha value is -7.13. The van der Waals surface area contributed by atoms with Crippen molar-refractivity contribution in [1.82, 2.24) is 53.9 Å². The summed E-state index contributed by atoms with van der Waals surface area (Å²) in [6.07, 6.45) is 5.07. The number of nitrogens with zero attached hydrogens (tertiary/aromatic N) is 10. The zero-order chi connectivity index (χ0) is 43.2. The second-order valence-electron chi connectivity index (χ2n) is 15.5. The lowest BCUT2D eigenvalue weighted by Crippen LogP contribution is -2.71. The summed E-state index contributed by atoms with van der Waals surface area (Å²) >= 11 is 0. The predicted molar refractivity (Wildman–Crippen MR) is 229 cm³/mol. The number of primary amides is 2. The SMILES string of the molecule is CCn1nc(C)cc1C(=O)Nc1nc2cc(C(N)=O)cc(NCCN3CC4(CNC4)C3)c2n1C/C=C/Cn1c(NC(=O)c2c(N)c(C)nn2CC)nc2cc(C(N)=O)cnc21. The number of rotatable bonds is 16. The largest absolute Gasteiger partial charge is 0.395 e. The Morgan fingerprint density at radius 3 is 2.16 bits per heavy atom. The Labute approximate surface area is 349 Å². The Balaban J connectivity index is 1.12. The van der Waals surface area contributed by atoms with Crippen molar-refractivity contribution in [3.05, 3.63) is 76.5 Å². The average molecular weight is 832 g/mol. The summed E-state index contributed by atoms with van der Waals surface area (Å²) in [6.45, 7) is 14.1. The number of aromatic nitrogens is 9. The third-order valence-corrected chi connectivity index (χ3v) is 11.2. The molecule has 4 amide bonds. The molecular formula is C40H49N17O4. The molecule has 2 saturated heterocycles. The molecule has 0 unspecified atom stereocenters. The molecule has 0 radical (unpaired) electrons. The average Bonchev–Trinajstić information content (AvgIpc) is 3.93. The summed E-state index contributed by atoms with van der Waals surface area (Å²) in [4.78, 5) is 68.3. The number of fused-ring (bicyclic) bond motifs is 2. The van der Waals surface area contributed by atoms with Gasteiger partial charge in [-0.15, -0.1) is 0 Å². The number of imidazole rings is 2. The first-order chi connectivity index (χ1) is 29.3. The minimum atomic E-state index is -0.675. The molecule has 0 atom stereocenters. The highest BCUT2D eigenvalue weighted by molar-refractivity contribution is 6.07. The number of aryl methyl sites for hydroxylation is 4. The Morgan fingerprint density at radius 1 is 0.836 bits per heavy atom. The van der Waals surface area contributed by atoms with E-state index in [1.165, 1.54) is 16.9 Å². The van der Waals surface area contributed by atoms with Gasteiger partial charge in [-0.1, -0.05) is 12.2 Å². The second kappa shape index (κ2) is 16.1. The van der Waals surface area contributed by atoms with Crippen molar-refractivity contribution in [2.24, 2.45) is 16.9 Å². The van der Waals surface area contributed by atoms with Crippen LogP contribution in [0.15, 0.2) is 42.6 Å². The predicted octanol–water partition coefficient (Wildman–Crippen LogP) is 1.69. The van der Waals surface area contributed by atoms with Crippen molar-refractivity contribution in [3.63, 3.8) is 0 Å². The Bertz CT molecular complexity index is 2740. The molecular weight excluding hydrogens is 783 g/mol. The van der Waals surface area contributed by atoms with Crippen LogP contribution in [-0.4, -0.2) is 111 Å². The maximum absolute atomic E-state index is 13.8. The molecule has 2 fully saturated rings. The molecule has 0 aliphatic carbocycles. The van der Waals surface area contributed by atoms with Gasteiger partial charge < -0.3 is 37.3 Å². The zero-order valence-electron chi connectivity index (χ0n) is 34.4. The van der Waals surface area contributed by atoms with Gasteiger partial charge in [-0.05, 0) is 52.0 Å². The van der Waals surface area contributed by atoms with Crippen molar-refractivity contribution in [1.29, 1.82) is 0 Å². The second-order valence-corrected chi connectivity index (χ2v) is 15.5. The lowest BCUT2D eigenvalue weighted by Gasteiger charge is -2.56. The minimum Gasteiger partial charge on any atom is -0.395 e. The van der Waals surface area contributed by atoms with E-state index in [2.05, 4.69) is 46.3 Å².